The van der Waals surface area contributed by atoms with Crippen LogP contribution in [0, 0.1) is 5.92 Å². The second-order valence-electron chi connectivity index (χ2n) is 5.86. The van der Waals surface area contributed by atoms with E-state index in [0.717, 1.165) is 30.8 Å². The normalized spacial score (nSPS) is 18.5. The van der Waals surface area contributed by atoms with Crippen LogP contribution < -0.4 is 9.62 Å². The number of hydrogen-bond donors (Lipinski definition) is 1. The molecule has 0 amide bonds. The summed E-state index contributed by atoms with van der Waals surface area (Å²) < 4.78 is 27.9. The van der Waals surface area contributed by atoms with Gasteiger partial charge >= 0.3 is 0 Å². The third-order valence-corrected chi connectivity index (χ3v) is 7.36. The molecule has 1 aliphatic rings. The average molecular weight is 351 g/mol. The fraction of sp³-hybridized carbons (Fsp3) is 0.412. The van der Waals surface area contributed by atoms with E-state index >= 15 is 0 Å². The molecule has 1 aromatic heterocycles. The van der Waals surface area contributed by atoms with Crippen molar-refractivity contribution in [2.75, 3.05) is 24.5 Å². The van der Waals surface area contributed by atoms with Gasteiger partial charge in [-0.3, -0.25) is 0 Å². The molecule has 0 bridgehead atoms. The number of hydrogen-bond acceptors (Lipinski definition) is 4. The average Bonchev–Trinajstić information content (AvgIpc) is 3.23. The van der Waals surface area contributed by atoms with Gasteiger partial charge in [0.2, 0.25) is 10.0 Å². The van der Waals surface area contributed by atoms with Crippen molar-refractivity contribution >= 4 is 27.0 Å². The molecule has 124 valence electrons. The van der Waals surface area contributed by atoms with E-state index in [9.17, 15) is 8.42 Å². The zero-order valence-electron chi connectivity index (χ0n) is 13.2. The molecule has 2 heterocycles. The van der Waals surface area contributed by atoms with Crippen LogP contribution in [0.4, 0.5) is 5.69 Å². The Hall–Kier alpha value is -1.37. The zero-order chi connectivity index (χ0) is 16.3. The van der Waals surface area contributed by atoms with E-state index in [1.165, 1.54) is 17.0 Å². The highest BCUT2D eigenvalue weighted by atomic mass is 32.2. The fourth-order valence-corrected chi connectivity index (χ4v) is 5.32. The van der Waals surface area contributed by atoms with Crippen LogP contribution >= 0.6 is 11.3 Å². The fourth-order valence-electron chi connectivity index (χ4n) is 2.86. The van der Waals surface area contributed by atoms with Gasteiger partial charge in [-0.05, 0) is 43.0 Å². The number of rotatable bonds is 6. The summed E-state index contributed by atoms with van der Waals surface area (Å²) >= 11 is 1.36. The molecule has 1 aromatic carbocycles. The summed E-state index contributed by atoms with van der Waals surface area (Å²) in [6, 6.07) is 13.9. The summed E-state index contributed by atoms with van der Waals surface area (Å²) in [6.45, 7) is 4.42. The van der Waals surface area contributed by atoms with Gasteiger partial charge in [-0.2, -0.15) is 0 Å². The highest BCUT2D eigenvalue weighted by Gasteiger charge is 2.25. The van der Waals surface area contributed by atoms with Crippen molar-refractivity contribution < 1.29 is 8.42 Å². The first-order valence-corrected chi connectivity index (χ1v) is 10.3. The van der Waals surface area contributed by atoms with Crippen molar-refractivity contribution in [1.29, 1.82) is 0 Å². The van der Waals surface area contributed by atoms with Crippen LogP contribution in [0.2, 0.25) is 0 Å². The predicted octanol–water partition coefficient (Wildman–Crippen LogP) is 3.12. The number of para-hydroxylation sites is 1. The van der Waals surface area contributed by atoms with E-state index in [1.54, 1.807) is 6.07 Å². The van der Waals surface area contributed by atoms with Crippen molar-refractivity contribution in [3.8, 4) is 0 Å². The second kappa shape index (κ2) is 7.03. The molecule has 1 N–H and O–H groups in total. The minimum Gasteiger partial charge on any atom is -0.371 e. The molecule has 0 radical (unpaired) electrons. The Bertz CT molecular complexity index is 741. The van der Waals surface area contributed by atoms with Gasteiger partial charge in [-0.1, -0.05) is 25.1 Å². The Labute approximate surface area is 142 Å². The first-order chi connectivity index (χ1) is 11.1. The molecule has 0 spiro atoms. The van der Waals surface area contributed by atoms with Gasteiger partial charge in [0.05, 0.1) is 0 Å². The van der Waals surface area contributed by atoms with Gasteiger partial charge in [-0.15, -0.1) is 11.3 Å². The summed E-state index contributed by atoms with van der Waals surface area (Å²) in [7, 11) is -3.37. The lowest BCUT2D eigenvalue weighted by molar-refractivity contribution is 0.543. The Morgan fingerprint density at radius 3 is 2.70 bits per heavy atom. The summed E-state index contributed by atoms with van der Waals surface area (Å²) in [5.41, 5.74) is 1.21. The maximum atomic E-state index is 12.4. The summed E-state index contributed by atoms with van der Waals surface area (Å²) in [6.07, 6.45) is 1.89. The topological polar surface area (TPSA) is 49.4 Å². The lowest BCUT2D eigenvalue weighted by Gasteiger charge is -2.18. The molecule has 0 aliphatic carbocycles. The number of nitrogens with zero attached hydrogens (tertiary/aromatic N) is 1. The van der Waals surface area contributed by atoms with Gasteiger partial charge in [0.25, 0.3) is 0 Å². The molecular formula is C17H22N2O2S2. The van der Waals surface area contributed by atoms with E-state index in [4.69, 9.17) is 0 Å². The molecule has 3 rings (SSSR count). The monoisotopic (exact) mass is 350 g/mol. The van der Waals surface area contributed by atoms with E-state index in [2.05, 4.69) is 21.8 Å². The standard InChI is InChI=1S/C17H22N2O2S2/c1-2-16-8-9-17(22-16)23(20,21)18-12-14-10-11-19(13-14)15-6-4-3-5-7-15/h3-9,14,18H,2,10-13H2,1H3. The maximum Gasteiger partial charge on any atom is 0.250 e. The minimum absolute atomic E-state index is 0.357. The lowest BCUT2D eigenvalue weighted by atomic mass is 10.1. The SMILES string of the molecule is CCc1ccc(S(=O)(=O)NCC2CCN(c3ccccc3)C2)s1. The van der Waals surface area contributed by atoms with Crippen LogP contribution in [-0.2, 0) is 16.4 Å². The highest BCUT2D eigenvalue weighted by molar-refractivity contribution is 7.91. The first-order valence-electron chi connectivity index (χ1n) is 7.97. The summed E-state index contributed by atoms with van der Waals surface area (Å²) in [5.74, 6) is 0.357. The van der Waals surface area contributed by atoms with Gasteiger partial charge in [0.15, 0.2) is 0 Å². The quantitative estimate of drug-likeness (QED) is 0.871. The van der Waals surface area contributed by atoms with Crippen LogP contribution in [0.15, 0.2) is 46.7 Å². The third-order valence-electron chi connectivity index (χ3n) is 4.22. The van der Waals surface area contributed by atoms with E-state index < -0.39 is 10.0 Å². The molecule has 1 fully saturated rings. The van der Waals surface area contributed by atoms with Gasteiger partial charge in [0.1, 0.15) is 4.21 Å². The Balaban J connectivity index is 1.56. The summed E-state index contributed by atoms with van der Waals surface area (Å²) in [5, 5.41) is 0. The summed E-state index contributed by atoms with van der Waals surface area (Å²) in [4.78, 5) is 3.42. The van der Waals surface area contributed by atoms with Crippen LogP contribution in [0.25, 0.3) is 0 Å². The third kappa shape index (κ3) is 3.94. The van der Waals surface area contributed by atoms with E-state index in [0.29, 0.717) is 16.7 Å². The number of nitrogens with one attached hydrogen (secondary N) is 1. The van der Waals surface area contributed by atoms with Crippen molar-refractivity contribution in [3.63, 3.8) is 0 Å². The van der Waals surface area contributed by atoms with Gasteiger partial charge < -0.3 is 4.90 Å². The second-order valence-corrected chi connectivity index (χ2v) is 9.02. The maximum absolute atomic E-state index is 12.4. The van der Waals surface area contributed by atoms with Crippen LogP contribution in [0.5, 0.6) is 0 Å². The van der Waals surface area contributed by atoms with Crippen molar-refractivity contribution in [1.82, 2.24) is 4.72 Å². The first kappa shape index (κ1) is 16.5. The van der Waals surface area contributed by atoms with Crippen LogP contribution in [0.1, 0.15) is 18.2 Å². The van der Waals surface area contributed by atoms with Gasteiger partial charge in [-0.25, -0.2) is 13.1 Å². The Kier molecular flexibility index (Phi) is 5.04. The number of benzene rings is 1. The molecule has 0 saturated carbocycles. The molecule has 23 heavy (non-hydrogen) atoms. The molecule has 4 nitrogen and oxygen atoms in total. The Morgan fingerprint density at radius 1 is 1.22 bits per heavy atom. The van der Waals surface area contributed by atoms with Crippen molar-refractivity contribution in [2.45, 2.75) is 24.0 Å². The molecule has 1 atom stereocenters. The van der Waals surface area contributed by atoms with Crippen LogP contribution in [-0.4, -0.2) is 28.1 Å². The van der Waals surface area contributed by atoms with Crippen molar-refractivity contribution in [2.24, 2.45) is 5.92 Å². The number of sulfonamides is 1. The van der Waals surface area contributed by atoms with E-state index in [-0.39, 0.29) is 0 Å². The minimum atomic E-state index is -3.37. The van der Waals surface area contributed by atoms with Crippen LogP contribution in [0.3, 0.4) is 0 Å². The number of thiophene rings is 1. The number of anilines is 1. The molecule has 1 unspecified atom stereocenters. The molecule has 1 saturated heterocycles. The highest BCUT2D eigenvalue weighted by Crippen LogP contribution is 2.25. The van der Waals surface area contributed by atoms with E-state index in [1.807, 2.05) is 31.2 Å². The molecule has 2 aromatic rings. The largest absolute Gasteiger partial charge is 0.371 e. The molecule has 6 heteroatoms. The molecular weight excluding hydrogens is 328 g/mol. The number of aryl methyl sites for hydroxylation is 1. The van der Waals surface area contributed by atoms with Crippen molar-refractivity contribution in [3.05, 3.63) is 47.3 Å². The zero-order valence-corrected chi connectivity index (χ0v) is 14.9. The lowest BCUT2D eigenvalue weighted by Crippen LogP contribution is -2.30. The smallest absolute Gasteiger partial charge is 0.250 e. The van der Waals surface area contributed by atoms with Gasteiger partial charge in [0, 0.05) is 30.2 Å². The Morgan fingerprint density at radius 2 is 2.00 bits per heavy atom. The molecule has 1 aliphatic heterocycles. The predicted molar refractivity (Wildman–Crippen MR) is 95.6 cm³/mol.